The van der Waals surface area contributed by atoms with E-state index in [2.05, 4.69) is 5.32 Å². The van der Waals surface area contributed by atoms with E-state index in [-0.39, 0.29) is 6.54 Å². The number of hydrogen-bond acceptors (Lipinski definition) is 4. The normalized spacial score (nSPS) is 14.9. The second kappa shape index (κ2) is 5.50. The summed E-state index contributed by atoms with van der Waals surface area (Å²) >= 11 is 0. The van der Waals surface area contributed by atoms with Crippen LogP contribution in [0.5, 0.6) is 0 Å². The first-order valence-corrected chi connectivity index (χ1v) is 3.79. The molecule has 0 fully saturated rings. The van der Waals surface area contributed by atoms with Crippen LogP contribution >= 0.6 is 0 Å². The van der Waals surface area contributed by atoms with Crippen molar-refractivity contribution >= 4 is 11.9 Å². The minimum Gasteiger partial charge on any atom is -0.481 e. The first-order valence-electron chi connectivity index (χ1n) is 3.79. The van der Waals surface area contributed by atoms with Gasteiger partial charge in [-0.05, 0) is 6.92 Å². The third-order valence-electron chi connectivity index (χ3n) is 1.34. The number of nitrogens with one attached hydrogen (secondary N) is 1. The van der Waals surface area contributed by atoms with E-state index in [0.29, 0.717) is 0 Å². The van der Waals surface area contributed by atoms with Crippen LogP contribution in [0.2, 0.25) is 0 Å². The fourth-order valence-electron chi connectivity index (χ4n) is 0.734. The van der Waals surface area contributed by atoms with Crippen molar-refractivity contribution in [3.63, 3.8) is 0 Å². The Morgan fingerprint density at radius 2 is 1.92 bits per heavy atom. The van der Waals surface area contributed by atoms with Gasteiger partial charge in [0.05, 0.1) is 12.5 Å². The summed E-state index contributed by atoms with van der Waals surface area (Å²) in [5, 5.41) is 28.1. The molecule has 0 heterocycles. The minimum absolute atomic E-state index is 0.0598. The number of hydrogen-bond donors (Lipinski definition) is 4. The topological polar surface area (TPSA) is 107 Å². The second-order valence-electron chi connectivity index (χ2n) is 2.75. The zero-order valence-electron chi connectivity index (χ0n) is 7.23. The maximum atomic E-state index is 10.4. The van der Waals surface area contributed by atoms with E-state index in [4.69, 9.17) is 15.3 Å². The van der Waals surface area contributed by atoms with Gasteiger partial charge in [-0.3, -0.25) is 9.59 Å². The Kier molecular flexibility index (Phi) is 5.01. The van der Waals surface area contributed by atoms with Gasteiger partial charge < -0.3 is 20.6 Å². The standard InChI is InChI=1S/C7H13NO5/c1-4(9)3-8-5(7(12)13)2-6(10)11/h4-5,8-9H,2-3H2,1H3,(H,10,11)(H,12,13)/t4?,5-/m0/s1. The molecule has 1 unspecified atom stereocenters. The summed E-state index contributed by atoms with van der Waals surface area (Å²) < 4.78 is 0. The fourth-order valence-corrected chi connectivity index (χ4v) is 0.734. The molecule has 4 N–H and O–H groups in total. The summed E-state index contributed by atoms with van der Waals surface area (Å²) in [6, 6.07) is -1.15. The van der Waals surface area contributed by atoms with Gasteiger partial charge in [0.1, 0.15) is 6.04 Å². The van der Waals surface area contributed by atoms with E-state index in [0.717, 1.165) is 0 Å². The lowest BCUT2D eigenvalue weighted by atomic mass is 10.2. The second-order valence-corrected chi connectivity index (χ2v) is 2.75. The molecule has 2 atom stereocenters. The van der Waals surface area contributed by atoms with Crippen LogP contribution in [-0.4, -0.2) is 45.9 Å². The Morgan fingerprint density at radius 3 is 2.23 bits per heavy atom. The summed E-state index contributed by atoms with van der Waals surface area (Å²) in [7, 11) is 0. The van der Waals surface area contributed by atoms with E-state index in [1.807, 2.05) is 0 Å². The summed E-state index contributed by atoms with van der Waals surface area (Å²) in [6.45, 7) is 1.54. The Bertz CT molecular complexity index is 191. The van der Waals surface area contributed by atoms with Crippen LogP contribution in [0.3, 0.4) is 0 Å². The molecule has 0 aliphatic carbocycles. The molecule has 0 aromatic heterocycles. The Hall–Kier alpha value is -1.14. The fraction of sp³-hybridized carbons (Fsp3) is 0.714. The summed E-state index contributed by atoms with van der Waals surface area (Å²) in [5.74, 6) is -2.42. The molecular formula is C7H13NO5. The summed E-state index contributed by atoms with van der Waals surface area (Å²) in [6.07, 6.45) is -1.20. The largest absolute Gasteiger partial charge is 0.481 e. The van der Waals surface area contributed by atoms with E-state index >= 15 is 0 Å². The predicted molar refractivity (Wildman–Crippen MR) is 43.4 cm³/mol. The Morgan fingerprint density at radius 1 is 1.38 bits per heavy atom. The lowest BCUT2D eigenvalue weighted by molar-refractivity contribution is -0.146. The average molecular weight is 191 g/mol. The molecule has 0 saturated heterocycles. The van der Waals surface area contributed by atoms with Gasteiger partial charge in [0.25, 0.3) is 0 Å². The van der Waals surface area contributed by atoms with Crippen molar-refractivity contribution in [1.82, 2.24) is 5.32 Å². The highest BCUT2D eigenvalue weighted by molar-refractivity contribution is 5.80. The molecule has 76 valence electrons. The zero-order valence-corrected chi connectivity index (χ0v) is 7.23. The molecule has 0 aliphatic heterocycles. The van der Waals surface area contributed by atoms with Crippen molar-refractivity contribution in [1.29, 1.82) is 0 Å². The average Bonchev–Trinajstić information content (AvgIpc) is 1.96. The van der Waals surface area contributed by atoms with E-state index < -0.39 is 30.5 Å². The molecule has 0 radical (unpaired) electrons. The molecule has 6 nitrogen and oxygen atoms in total. The molecule has 0 aromatic carbocycles. The minimum atomic E-state index is -1.23. The molecule has 6 heteroatoms. The predicted octanol–water partition coefficient (Wildman–Crippen LogP) is -1.12. The summed E-state index contributed by atoms with van der Waals surface area (Å²) in [5.41, 5.74) is 0. The number of carboxylic acid groups (broad SMARTS) is 2. The highest BCUT2D eigenvalue weighted by Crippen LogP contribution is 1.92. The monoisotopic (exact) mass is 191 g/mol. The van der Waals surface area contributed by atoms with Crippen LogP contribution in [0, 0.1) is 0 Å². The molecule has 0 rings (SSSR count). The number of rotatable bonds is 6. The van der Waals surface area contributed by atoms with Gasteiger partial charge in [0.2, 0.25) is 0 Å². The molecule has 0 spiro atoms. The number of aliphatic carboxylic acids is 2. The van der Waals surface area contributed by atoms with Crippen molar-refractivity contribution in [2.75, 3.05) is 6.54 Å². The van der Waals surface area contributed by atoms with Crippen LogP contribution < -0.4 is 5.32 Å². The van der Waals surface area contributed by atoms with Gasteiger partial charge in [-0.15, -0.1) is 0 Å². The molecule has 0 aliphatic rings. The highest BCUT2D eigenvalue weighted by atomic mass is 16.4. The number of aliphatic hydroxyl groups excluding tert-OH is 1. The highest BCUT2D eigenvalue weighted by Gasteiger charge is 2.20. The van der Waals surface area contributed by atoms with E-state index in [9.17, 15) is 9.59 Å². The van der Waals surface area contributed by atoms with E-state index in [1.165, 1.54) is 6.92 Å². The van der Waals surface area contributed by atoms with Gasteiger partial charge >= 0.3 is 11.9 Å². The zero-order chi connectivity index (χ0) is 10.4. The molecular weight excluding hydrogens is 178 g/mol. The van der Waals surface area contributed by atoms with Crippen molar-refractivity contribution in [2.45, 2.75) is 25.5 Å². The third kappa shape index (κ3) is 6.06. The quantitative estimate of drug-likeness (QED) is 0.424. The van der Waals surface area contributed by atoms with Crippen LogP contribution in [0.4, 0.5) is 0 Å². The van der Waals surface area contributed by atoms with Crippen molar-refractivity contribution < 1.29 is 24.9 Å². The van der Waals surface area contributed by atoms with Gasteiger partial charge in [-0.2, -0.15) is 0 Å². The number of carbonyl (C=O) groups is 2. The third-order valence-corrected chi connectivity index (χ3v) is 1.34. The molecule has 13 heavy (non-hydrogen) atoms. The van der Waals surface area contributed by atoms with Crippen LogP contribution in [0.25, 0.3) is 0 Å². The Labute approximate surface area is 75.2 Å². The lowest BCUT2D eigenvalue weighted by Crippen LogP contribution is -2.41. The molecule has 0 aromatic rings. The van der Waals surface area contributed by atoms with Crippen LogP contribution in [-0.2, 0) is 9.59 Å². The maximum Gasteiger partial charge on any atom is 0.321 e. The van der Waals surface area contributed by atoms with Gasteiger partial charge in [-0.1, -0.05) is 0 Å². The lowest BCUT2D eigenvalue weighted by Gasteiger charge is -2.13. The van der Waals surface area contributed by atoms with Crippen LogP contribution in [0.15, 0.2) is 0 Å². The van der Waals surface area contributed by atoms with Crippen LogP contribution in [0.1, 0.15) is 13.3 Å². The molecule has 0 amide bonds. The smallest absolute Gasteiger partial charge is 0.321 e. The first-order chi connectivity index (χ1) is 5.93. The SMILES string of the molecule is CC(O)CN[C@@H](CC(=O)O)C(=O)O. The van der Waals surface area contributed by atoms with E-state index in [1.54, 1.807) is 0 Å². The first kappa shape index (κ1) is 11.9. The molecule has 0 bridgehead atoms. The van der Waals surface area contributed by atoms with Gasteiger partial charge in [0, 0.05) is 6.54 Å². The van der Waals surface area contributed by atoms with Gasteiger partial charge in [0.15, 0.2) is 0 Å². The Balaban J connectivity index is 3.95. The number of carboxylic acids is 2. The van der Waals surface area contributed by atoms with Crippen molar-refractivity contribution in [3.8, 4) is 0 Å². The maximum absolute atomic E-state index is 10.4. The summed E-state index contributed by atoms with van der Waals surface area (Å²) in [4.78, 5) is 20.6. The van der Waals surface area contributed by atoms with Crippen molar-refractivity contribution in [3.05, 3.63) is 0 Å². The van der Waals surface area contributed by atoms with Crippen molar-refractivity contribution in [2.24, 2.45) is 0 Å². The molecule has 0 saturated carbocycles. The number of aliphatic hydroxyl groups is 1. The van der Waals surface area contributed by atoms with Gasteiger partial charge in [-0.25, -0.2) is 0 Å².